The smallest absolute Gasteiger partial charge is 0.246 e. The number of anilines is 1. The second-order valence-corrected chi connectivity index (χ2v) is 10.6. The van der Waals surface area contributed by atoms with Gasteiger partial charge >= 0.3 is 0 Å². The summed E-state index contributed by atoms with van der Waals surface area (Å²) in [4.78, 5) is 15.1. The lowest BCUT2D eigenvalue weighted by Gasteiger charge is -2.34. The van der Waals surface area contributed by atoms with Gasteiger partial charge in [-0.2, -0.15) is 0 Å². The summed E-state index contributed by atoms with van der Waals surface area (Å²) in [6.07, 6.45) is 5.47. The van der Waals surface area contributed by atoms with Crippen LogP contribution in [0.15, 0.2) is 47.4 Å². The highest BCUT2D eigenvalue weighted by Gasteiger charge is 2.25. The normalized spacial score (nSPS) is 15.1. The van der Waals surface area contributed by atoms with Gasteiger partial charge in [0, 0.05) is 32.4 Å². The van der Waals surface area contributed by atoms with Gasteiger partial charge in [0.25, 0.3) is 0 Å². The average Bonchev–Trinajstić information content (AvgIpc) is 2.80. The first-order valence-electron chi connectivity index (χ1n) is 11.1. The SMILES string of the molecule is COc1ccc(NC(=O)CN(Cc2ccc(F)cc2)C2CCCCC2)cc1S(=O)(=O)N(C)C. The highest BCUT2D eigenvalue weighted by molar-refractivity contribution is 7.89. The summed E-state index contributed by atoms with van der Waals surface area (Å²) < 4.78 is 44.9. The molecule has 1 aliphatic carbocycles. The predicted octanol–water partition coefficient (Wildman–Crippen LogP) is 3.86. The second-order valence-electron chi connectivity index (χ2n) is 8.52. The number of nitrogens with one attached hydrogen (secondary N) is 1. The van der Waals surface area contributed by atoms with Gasteiger partial charge in [0.05, 0.1) is 13.7 Å². The number of benzene rings is 2. The fraction of sp³-hybridized carbons (Fsp3) is 0.458. The largest absolute Gasteiger partial charge is 0.495 e. The van der Waals surface area contributed by atoms with Gasteiger partial charge in [-0.1, -0.05) is 31.4 Å². The van der Waals surface area contributed by atoms with Crippen LogP contribution in [0.4, 0.5) is 10.1 Å². The van der Waals surface area contributed by atoms with Crippen molar-refractivity contribution in [2.24, 2.45) is 0 Å². The van der Waals surface area contributed by atoms with E-state index in [9.17, 15) is 17.6 Å². The molecule has 180 valence electrons. The Balaban J connectivity index is 1.77. The molecule has 0 atom stereocenters. The molecule has 0 spiro atoms. The number of hydrogen-bond acceptors (Lipinski definition) is 5. The highest BCUT2D eigenvalue weighted by atomic mass is 32.2. The summed E-state index contributed by atoms with van der Waals surface area (Å²) in [5.74, 6) is -0.313. The van der Waals surface area contributed by atoms with Crippen LogP contribution in [0.5, 0.6) is 5.75 Å². The van der Waals surface area contributed by atoms with Crippen LogP contribution < -0.4 is 10.1 Å². The monoisotopic (exact) mass is 477 g/mol. The van der Waals surface area contributed by atoms with E-state index in [1.54, 1.807) is 18.2 Å². The number of carbonyl (C=O) groups is 1. The Kier molecular flexibility index (Phi) is 8.45. The first kappa shape index (κ1) is 25.1. The fourth-order valence-corrected chi connectivity index (χ4v) is 5.20. The molecule has 2 aromatic carbocycles. The van der Waals surface area contributed by atoms with E-state index in [2.05, 4.69) is 10.2 Å². The molecule has 0 heterocycles. The lowest BCUT2D eigenvalue weighted by atomic mass is 9.93. The van der Waals surface area contributed by atoms with Crippen molar-refractivity contribution in [3.8, 4) is 5.75 Å². The number of carbonyl (C=O) groups excluding carboxylic acids is 1. The topological polar surface area (TPSA) is 79.0 Å². The Morgan fingerprint density at radius 1 is 1.09 bits per heavy atom. The van der Waals surface area contributed by atoms with Crippen LogP contribution in [-0.2, 0) is 21.4 Å². The standard InChI is InChI=1S/C24H32FN3O4S/c1-27(2)33(30,31)23-15-20(13-14-22(23)32-3)26-24(29)17-28(21-7-5-4-6-8-21)16-18-9-11-19(25)12-10-18/h9-15,21H,4-8,16-17H2,1-3H3,(H,26,29). The van der Waals surface area contributed by atoms with Crippen molar-refractivity contribution in [1.29, 1.82) is 0 Å². The average molecular weight is 478 g/mol. The summed E-state index contributed by atoms with van der Waals surface area (Å²) in [5.41, 5.74) is 1.32. The van der Waals surface area contributed by atoms with E-state index in [1.807, 2.05) is 0 Å². The molecule has 0 aliphatic heterocycles. The number of ether oxygens (including phenoxy) is 1. The maximum absolute atomic E-state index is 13.3. The molecule has 33 heavy (non-hydrogen) atoms. The van der Waals surface area contributed by atoms with Gasteiger partial charge in [0.1, 0.15) is 16.5 Å². The second kappa shape index (κ2) is 11.1. The zero-order valence-electron chi connectivity index (χ0n) is 19.4. The first-order chi connectivity index (χ1) is 15.7. The van der Waals surface area contributed by atoms with E-state index in [4.69, 9.17) is 4.74 Å². The van der Waals surface area contributed by atoms with Gasteiger partial charge in [-0.15, -0.1) is 0 Å². The van der Waals surface area contributed by atoms with E-state index in [0.717, 1.165) is 35.6 Å². The first-order valence-corrected chi connectivity index (χ1v) is 12.5. The summed E-state index contributed by atoms with van der Waals surface area (Å²) in [5, 5.41) is 2.83. The third-order valence-corrected chi connectivity index (χ3v) is 7.78. The minimum absolute atomic E-state index is 0.0109. The maximum Gasteiger partial charge on any atom is 0.246 e. The molecule has 1 saturated carbocycles. The van der Waals surface area contributed by atoms with Gasteiger partial charge < -0.3 is 10.1 Å². The molecule has 1 N–H and O–H groups in total. The van der Waals surface area contributed by atoms with Gasteiger partial charge in [-0.05, 0) is 48.7 Å². The molecule has 0 unspecified atom stereocenters. The molecule has 1 aliphatic rings. The van der Waals surface area contributed by atoms with Crippen LogP contribution in [-0.4, -0.2) is 57.3 Å². The molecule has 1 amide bonds. The molecule has 0 saturated heterocycles. The van der Waals surface area contributed by atoms with Crippen LogP contribution >= 0.6 is 0 Å². The molecular formula is C24H32FN3O4S. The minimum Gasteiger partial charge on any atom is -0.495 e. The molecule has 9 heteroatoms. The third kappa shape index (κ3) is 6.52. The molecular weight excluding hydrogens is 445 g/mol. The van der Waals surface area contributed by atoms with Gasteiger partial charge in [-0.25, -0.2) is 17.1 Å². The Hall–Kier alpha value is -2.49. The zero-order valence-corrected chi connectivity index (χ0v) is 20.2. The van der Waals surface area contributed by atoms with Crippen molar-refractivity contribution in [3.63, 3.8) is 0 Å². The van der Waals surface area contributed by atoms with Crippen molar-refractivity contribution in [2.75, 3.05) is 33.1 Å². The van der Waals surface area contributed by atoms with Crippen molar-refractivity contribution in [2.45, 2.75) is 49.6 Å². The van der Waals surface area contributed by atoms with E-state index in [-0.39, 0.29) is 35.0 Å². The summed E-state index contributed by atoms with van der Waals surface area (Å²) in [6, 6.07) is 11.2. The van der Waals surface area contributed by atoms with Crippen molar-refractivity contribution in [3.05, 3.63) is 53.8 Å². The quantitative estimate of drug-likeness (QED) is 0.593. The summed E-state index contributed by atoms with van der Waals surface area (Å²) in [7, 11) is 0.540. The van der Waals surface area contributed by atoms with Crippen molar-refractivity contribution >= 4 is 21.6 Å². The molecule has 2 aromatic rings. The Morgan fingerprint density at radius 3 is 2.36 bits per heavy atom. The number of halogens is 1. The Morgan fingerprint density at radius 2 is 1.76 bits per heavy atom. The number of sulfonamides is 1. The highest BCUT2D eigenvalue weighted by Crippen LogP contribution is 2.29. The molecule has 0 radical (unpaired) electrons. The van der Waals surface area contributed by atoms with Crippen molar-refractivity contribution in [1.82, 2.24) is 9.21 Å². The van der Waals surface area contributed by atoms with Crippen LogP contribution in [0, 0.1) is 5.82 Å². The maximum atomic E-state index is 13.3. The minimum atomic E-state index is -3.75. The van der Waals surface area contributed by atoms with Gasteiger partial charge in [0.15, 0.2) is 0 Å². The molecule has 7 nitrogen and oxygen atoms in total. The van der Waals surface area contributed by atoms with E-state index >= 15 is 0 Å². The predicted molar refractivity (Wildman–Crippen MR) is 126 cm³/mol. The summed E-state index contributed by atoms with van der Waals surface area (Å²) >= 11 is 0. The van der Waals surface area contributed by atoms with E-state index in [1.165, 1.54) is 51.9 Å². The molecule has 0 aromatic heterocycles. The van der Waals surface area contributed by atoms with Gasteiger partial charge in [-0.3, -0.25) is 9.69 Å². The Bertz CT molecular complexity index is 1050. The van der Waals surface area contributed by atoms with Crippen molar-refractivity contribution < 1.29 is 22.3 Å². The van der Waals surface area contributed by atoms with Crippen LogP contribution in [0.2, 0.25) is 0 Å². The molecule has 3 rings (SSSR count). The molecule has 0 bridgehead atoms. The zero-order chi connectivity index (χ0) is 24.0. The van der Waals surface area contributed by atoms with Crippen LogP contribution in [0.3, 0.4) is 0 Å². The number of hydrogen-bond donors (Lipinski definition) is 1. The lowest BCUT2D eigenvalue weighted by Crippen LogP contribution is -2.41. The molecule has 1 fully saturated rings. The van der Waals surface area contributed by atoms with Crippen LogP contribution in [0.1, 0.15) is 37.7 Å². The third-order valence-electron chi connectivity index (χ3n) is 5.94. The number of rotatable bonds is 9. The Labute approximate surface area is 195 Å². The van der Waals surface area contributed by atoms with Crippen LogP contribution in [0.25, 0.3) is 0 Å². The summed E-state index contributed by atoms with van der Waals surface area (Å²) in [6.45, 7) is 0.699. The fourth-order valence-electron chi connectivity index (χ4n) is 4.12. The number of nitrogens with zero attached hydrogens (tertiary/aromatic N) is 2. The van der Waals surface area contributed by atoms with E-state index < -0.39 is 10.0 Å². The number of amides is 1. The van der Waals surface area contributed by atoms with Gasteiger partial charge in [0.2, 0.25) is 15.9 Å². The number of methoxy groups -OCH3 is 1. The lowest BCUT2D eigenvalue weighted by molar-refractivity contribution is -0.118. The van der Waals surface area contributed by atoms with E-state index in [0.29, 0.717) is 12.2 Å².